The molecule has 1 aliphatic rings. The van der Waals surface area contributed by atoms with E-state index in [0.29, 0.717) is 18.0 Å². The van der Waals surface area contributed by atoms with E-state index in [4.69, 9.17) is 4.74 Å². The van der Waals surface area contributed by atoms with Crippen LogP contribution < -0.4 is 5.32 Å². The van der Waals surface area contributed by atoms with Crippen LogP contribution in [0.3, 0.4) is 0 Å². The maximum Gasteiger partial charge on any atom is 0.266 e. The molecule has 0 atom stereocenters. The van der Waals surface area contributed by atoms with Crippen LogP contribution in [0, 0.1) is 6.92 Å². The minimum Gasteiger partial charge on any atom is -0.375 e. The highest BCUT2D eigenvalue weighted by Gasteiger charge is 2.21. The lowest BCUT2D eigenvalue weighted by Crippen LogP contribution is -2.49. The molecule has 1 fully saturated rings. The van der Waals surface area contributed by atoms with Crippen LogP contribution in [0.15, 0.2) is 53.9 Å². The molecule has 2 aromatic carbocycles. The number of methoxy groups -OCH3 is 1. The van der Waals surface area contributed by atoms with Gasteiger partial charge in [0.1, 0.15) is 6.61 Å². The fraction of sp³-hybridized carbons (Fsp3) is 0.276. The van der Waals surface area contributed by atoms with Crippen molar-refractivity contribution < 1.29 is 14.3 Å². The summed E-state index contributed by atoms with van der Waals surface area (Å²) in [4.78, 5) is 30.1. The van der Waals surface area contributed by atoms with E-state index in [-0.39, 0.29) is 18.4 Å². The summed E-state index contributed by atoms with van der Waals surface area (Å²) in [5.41, 5.74) is 5.54. The first-order valence-corrected chi connectivity index (χ1v) is 13.5. The van der Waals surface area contributed by atoms with Gasteiger partial charge in [0.15, 0.2) is 0 Å². The van der Waals surface area contributed by atoms with Crippen LogP contribution in [-0.2, 0) is 16.1 Å². The van der Waals surface area contributed by atoms with Crippen LogP contribution in [0.25, 0.3) is 23.1 Å². The molecule has 4 aromatic rings. The molecule has 2 amide bonds. The van der Waals surface area contributed by atoms with E-state index in [1.54, 1.807) is 7.11 Å². The van der Waals surface area contributed by atoms with Crippen molar-refractivity contribution in [3.05, 3.63) is 81.2 Å². The summed E-state index contributed by atoms with van der Waals surface area (Å²) in [6, 6.07) is 16.1. The largest absolute Gasteiger partial charge is 0.375 e. The quantitative estimate of drug-likeness (QED) is 0.347. The number of aryl methyl sites for hydroxylation is 1. The molecule has 0 spiro atoms. The smallest absolute Gasteiger partial charge is 0.266 e. The number of aromatic nitrogens is 2. The van der Waals surface area contributed by atoms with Gasteiger partial charge in [-0.3, -0.25) is 19.6 Å². The fourth-order valence-electron chi connectivity index (χ4n) is 4.65. The molecular formula is C29H31N5O3S. The zero-order valence-corrected chi connectivity index (χ0v) is 22.4. The van der Waals surface area contributed by atoms with Gasteiger partial charge >= 0.3 is 0 Å². The lowest BCUT2D eigenvalue weighted by Gasteiger charge is -2.34. The summed E-state index contributed by atoms with van der Waals surface area (Å²) in [6.45, 7) is 5.75. The van der Waals surface area contributed by atoms with Gasteiger partial charge in [-0.2, -0.15) is 5.10 Å². The number of hydrogen-bond donors (Lipinski definition) is 2. The average molecular weight is 530 g/mol. The molecule has 8 nitrogen and oxygen atoms in total. The monoisotopic (exact) mass is 529 g/mol. The number of anilines is 1. The minimum atomic E-state index is -0.111. The molecule has 5 rings (SSSR count). The van der Waals surface area contributed by atoms with Crippen LogP contribution in [0.1, 0.15) is 32.1 Å². The summed E-state index contributed by atoms with van der Waals surface area (Å²) in [5.74, 6) is -0.0818. The molecule has 0 unspecified atom stereocenters. The third-order valence-corrected chi connectivity index (χ3v) is 7.77. The van der Waals surface area contributed by atoms with Gasteiger partial charge in [-0.25, -0.2) is 0 Å². The van der Waals surface area contributed by atoms with Crippen LogP contribution in [-0.4, -0.2) is 71.7 Å². The highest BCUT2D eigenvalue weighted by molar-refractivity contribution is 7.12. The molecule has 9 heteroatoms. The molecule has 1 saturated heterocycles. The Morgan fingerprint density at radius 2 is 1.92 bits per heavy atom. The Morgan fingerprint density at radius 1 is 1.11 bits per heavy atom. The number of rotatable bonds is 8. The third-order valence-electron chi connectivity index (χ3n) is 6.75. The van der Waals surface area contributed by atoms with Crippen molar-refractivity contribution in [3.8, 4) is 0 Å². The molecule has 2 N–H and O–H groups in total. The van der Waals surface area contributed by atoms with Crippen molar-refractivity contribution in [1.29, 1.82) is 0 Å². The van der Waals surface area contributed by atoms with Crippen LogP contribution in [0.5, 0.6) is 0 Å². The molecule has 0 aliphatic carbocycles. The van der Waals surface area contributed by atoms with Gasteiger partial charge in [-0.1, -0.05) is 36.4 Å². The highest BCUT2D eigenvalue weighted by atomic mass is 32.1. The third kappa shape index (κ3) is 5.85. The number of carbonyl (C=O) groups excluding carboxylic acids is 2. The van der Waals surface area contributed by atoms with Gasteiger partial charge < -0.3 is 15.0 Å². The number of fused-ring (bicyclic) bond motifs is 1. The van der Waals surface area contributed by atoms with E-state index in [1.807, 2.05) is 71.8 Å². The number of H-pyrrole nitrogens is 1. The summed E-state index contributed by atoms with van der Waals surface area (Å²) in [6.07, 6.45) is 3.96. The second-order valence-corrected chi connectivity index (χ2v) is 10.3. The van der Waals surface area contributed by atoms with E-state index >= 15 is 0 Å². The number of amides is 2. The highest BCUT2D eigenvalue weighted by Crippen LogP contribution is 2.25. The molecule has 0 radical (unpaired) electrons. The number of hydrogen-bond acceptors (Lipinski definition) is 6. The van der Waals surface area contributed by atoms with E-state index in [9.17, 15) is 9.59 Å². The van der Waals surface area contributed by atoms with Crippen LogP contribution >= 0.6 is 11.3 Å². The Morgan fingerprint density at radius 3 is 2.68 bits per heavy atom. The second kappa shape index (κ2) is 11.7. The molecule has 38 heavy (non-hydrogen) atoms. The molecule has 3 heterocycles. The predicted molar refractivity (Wildman–Crippen MR) is 152 cm³/mol. The van der Waals surface area contributed by atoms with Crippen LogP contribution in [0.2, 0.25) is 0 Å². The Balaban J connectivity index is 1.36. The van der Waals surface area contributed by atoms with Crippen molar-refractivity contribution in [1.82, 2.24) is 20.0 Å². The van der Waals surface area contributed by atoms with Crippen molar-refractivity contribution in [2.45, 2.75) is 13.5 Å². The number of aromatic amines is 1. The number of ether oxygens (including phenoxy) is 1. The fourth-order valence-corrected chi connectivity index (χ4v) is 5.47. The van der Waals surface area contributed by atoms with E-state index < -0.39 is 0 Å². The van der Waals surface area contributed by atoms with Gasteiger partial charge in [0.2, 0.25) is 5.91 Å². The van der Waals surface area contributed by atoms with Gasteiger partial charge in [0.05, 0.1) is 16.1 Å². The number of nitrogens with one attached hydrogen (secondary N) is 2. The first-order valence-electron chi connectivity index (χ1n) is 12.6. The van der Waals surface area contributed by atoms with Crippen LogP contribution in [0.4, 0.5) is 5.69 Å². The second-order valence-electron chi connectivity index (χ2n) is 9.39. The first kappa shape index (κ1) is 25.8. The number of thiophene rings is 1. The van der Waals surface area contributed by atoms with Gasteiger partial charge in [-0.05, 0) is 53.3 Å². The summed E-state index contributed by atoms with van der Waals surface area (Å²) < 4.78 is 4.98. The molecule has 0 saturated carbocycles. The average Bonchev–Trinajstić information content (AvgIpc) is 3.55. The maximum atomic E-state index is 13.1. The summed E-state index contributed by atoms with van der Waals surface area (Å²) in [7, 11) is 1.54. The number of benzene rings is 2. The van der Waals surface area contributed by atoms with E-state index in [1.165, 1.54) is 11.3 Å². The zero-order chi connectivity index (χ0) is 26.5. The standard InChI is InChI=1S/C29H31N5O3S/c1-20-11-16-38-28(20)29(36)30-26-17-21(18-33-12-14-34(15-13-33)27(35)19-37-2)7-8-22(26)9-10-25-23-5-3-4-6-24(23)31-32-25/h3-11,16-17H,12-15,18-19H2,1-2H3,(H,30,36)(H,31,32). The van der Waals surface area contributed by atoms with Gasteiger partial charge in [-0.15, -0.1) is 11.3 Å². The van der Waals surface area contributed by atoms with E-state index in [0.717, 1.165) is 58.6 Å². The summed E-state index contributed by atoms with van der Waals surface area (Å²) >= 11 is 1.44. The lowest BCUT2D eigenvalue weighted by atomic mass is 10.1. The SMILES string of the molecule is COCC(=O)N1CCN(Cc2ccc(C=Cc3n[nH]c4ccccc34)c(NC(=O)c3sccc3C)c2)CC1. The first-order chi connectivity index (χ1) is 18.5. The van der Waals surface area contributed by atoms with Gasteiger partial charge in [0, 0.05) is 50.9 Å². The number of para-hydroxylation sites is 1. The normalized spacial score (nSPS) is 14.4. The maximum absolute atomic E-state index is 13.1. The molecule has 196 valence electrons. The Hall–Kier alpha value is -3.79. The number of piperazine rings is 1. The van der Waals surface area contributed by atoms with Crippen molar-refractivity contribution >= 4 is 51.9 Å². The Bertz CT molecular complexity index is 1470. The lowest BCUT2D eigenvalue weighted by molar-refractivity contribution is -0.136. The Labute approximate surface area is 225 Å². The Kier molecular flexibility index (Phi) is 7.97. The number of nitrogens with zero attached hydrogens (tertiary/aromatic N) is 3. The summed E-state index contributed by atoms with van der Waals surface area (Å²) in [5, 5.41) is 13.6. The van der Waals surface area contributed by atoms with Crippen molar-refractivity contribution in [3.63, 3.8) is 0 Å². The molecule has 0 bridgehead atoms. The van der Waals surface area contributed by atoms with E-state index in [2.05, 4.69) is 26.5 Å². The van der Waals surface area contributed by atoms with Gasteiger partial charge in [0.25, 0.3) is 5.91 Å². The topological polar surface area (TPSA) is 90.6 Å². The molecule has 1 aliphatic heterocycles. The molecular weight excluding hydrogens is 498 g/mol. The molecule has 2 aromatic heterocycles. The van der Waals surface area contributed by atoms with Crippen molar-refractivity contribution in [2.75, 3.05) is 45.2 Å². The predicted octanol–water partition coefficient (Wildman–Crippen LogP) is 4.65. The minimum absolute atomic E-state index is 0.0295. The zero-order valence-electron chi connectivity index (χ0n) is 21.6. The number of carbonyl (C=O) groups is 2. The van der Waals surface area contributed by atoms with Crippen molar-refractivity contribution in [2.24, 2.45) is 0 Å².